The van der Waals surface area contributed by atoms with Crippen LogP contribution >= 0.6 is 11.6 Å². The van der Waals surface area contributed by atoms with Crippen molar-refractivity contribution in [2.24, 2.45) is 0 Å². The van der Waals surface area contributed by atoms with Crippen LogP contribution in [0.4, 0.5) is 0 Å². The zero-order chi connectivity index (χ0) is 12.8. The molecule has 0 saturated carbocycles. The molecule has 1 N–H and O–H groups in total. The van der Waals surface area contributed by atoms with Crippen molar-refractivity contribution >= 4 is 11.6 Å². The van der Waals surface area contributed by atoms with E-state index in [0.29, 0.717) is 18.2 Å². The lowest BCUT2D eigenvalue weighted by Gasteiger charge is -1.97. The van der Waals surface area contributed by atoms with Crippen molar-refractivity contribution in [2.75, 3.05) is 13.6 Å². The molecule has 0 bridgehead atoms. The molecule has 0 aliphatic carbocycles. The molecule has 1 aromatic heterocycles. The monoisotopic (exact) mass is 265 g/mol. The van der Waals surface area contributed by atoms with Gasteiger partial charge in [0.2, 0.25) is 11.8 Å². The molecule has 1 heterocycles. The lowest BCUT2D eigenvalue weighted by Crippen LogP contribution is -2.08. The summed E-state index contributed by atoms with van der Waals surface area (Å²) in [4.78, 5) is 0. The summed E-state index contributed by atoms with van der Waals surface area (Å²) in [5, 5.41) is 11.9. The number of hydrogen-bond donors (Lipinski definition) is 1. The molecule has 0 amide bonds. The van der Waals surface area contributed by atoms with Crippen molar-refractivity contribution < 1.29 is 4.42 Å². The van der Waals surface area contributed by atoms with Gasteiger partial charge in [-0.25, -0.2) is 0 Å². The topological polar surface area (TPSA) is 51.0 Å². The Kier molecular flexibility index (Phi) is 4.73. The van der Waals surface area contributed by atoms with Gasteiger partial charge in [0.15, 0.2) is 0 Å². The van der Waals surface area contributed by atoms with E-state index in [1.165, 1.54) is 0 Å². The molecule has 0 unspecified atom stereocenters. The highest BCUT2D eigenvalue weighted by Gasteiger charge is 2.06. The van der Waals surface area contributed by atoms with Crippen LogP contribution in [0.1, 0.15) is 23.8 Å². The predicted molar refractivity (Wildman–Crippen MR) is 70.8 cm³/mol. The minimum absolute atomic E-state index is 0.649. The zero-order valence-electron chi connectivity index (χ0n) is 10.3. The number of benzene rings is 1. The lowest BCUT2D eigenvalue weighted by molar-refractivity contribution is 0.451. The molecule has 2 rings (SSSR count). The second-order valence-electron chi connectivity index (χ2n) is 4.10. The maximum atomic E-state index is 5.83. The number of aromatic nitrogens is 2. The third kappa shape index (κ3) is 3.82. The van der Waals surface area contributed by atoms with Gasteiger partial charge < -0.3 is 9.73 Å². The van der Waals surface area contributed by atoms with Crippen molar-refractivity contribution in [3.63, 3.8) is 0 Å². The number of hydrogen-bond acceptors (Lipinski definition) is 4. The van der Waals surface area contributed by atoms with Gasteiger partial charge in [0.05, 0.1) is 6.42 Å². The van der Waals surface area contributed by atoms with Gasteiger partial charge in [-0.1, -0.05) is 23.7 Å². The molecule has 0 aliphatic rings. The highest BCUT2D eigenvalue weighted by atomic mass is 35.5. The molecule has 0 aliphatic heterocycles. The first kappa shape index (κ1) is 13.1. The van der Waals surface area contributed by atoms with Crippen molar-refractivity contribution in [3.05, 3.63) is 46.6 Å². The van der Waals surface area contributed by atoms with Gasteiger partial charge in [-0.3, -0.25) is 0 Å². The molecule has 0 radical (unpaired) electrons. The lowest BCUT2D eigenvalue weighted by atomic mass is 10.1. The van der Waals surface area contributed by atoms with E-state index in [-0.39, 0.29) is 0 Å². The van der Waals surface area contributed by atoms with Crippen LogP contribution in [-0.2, 0) is 12.8 Å². The first-order chi connectivity index (χ1) is 8.78. The molecule has 96 valence electrons. The van der Waals surface area contributed by atoms with E-state index in [1.807, 2.05) is 31.3 Å². The maximum Gasteiger partial charge on any atom is 0.220 e. The minimum atomic E-state index is 0.649. The molecule has 0 saturated heterocycles. The van der Waals surface area contributed by atoms with Gasteiger partial charge in [-0.2, -0.15) is 0 Å². The normalized spacial score (nSPS) is 10.8. The van der Waals surface area contributed by atoms with Crippen LogP contribution in [0.2, 0.25) is 5.02 Å². The Balaban J connectivity index is 1.91. The molecule has 0 spiro atoms. The Morgan fingerprint density at radius 3 is 2.61 bits per heavy atom. The van der Waals surface area contributed by atoms with Crippen molar-refractivity contribution in [2.45, 2.75) is 19.3 Å². The average molecular weight is 266 g/mol. The van der Waals surface area contributed by atoms with Gasteiger partial charge in [0, 0.05) is 11.4 Å². The third-order valence-corrected chi connectivity index (χ3v) is 2.85. The molecule has 1 aromatic carbocycles. The molecule has 0 fully saturated rings. The Hall–Kier alpha value is -1.39. The number of nitrogens with one attached hydrogen (secondary N) is 1. The number of rotatable bonds is 6. The number of nitrogens with zero attached hydrogens (tertiary/aromatic N) is 2. The Bertz CT molecular complexity index is 481. The maximum absolute atomic E-state index is 5.83. The van der Waals surface area contributed by atoms with Crippen molar-refractivity contribution in [1.82, 2.24) is 15.5 Å². The van der Waals surface area contributed by atoms with Crippen LogP contribution in [0.25, 0.3) is 0 Å². The van der Waals surface area contributed by atoms with Gasteiger partial charge >= 0.3 is 0 Å². The molecular weight excluding hydrogens is 250 g/mol. The summed E-state index contributed by atoms with van der Waals surface area (Å²) in [7, 11) is 1.93. The van der Waals surface area contributed by atoms with E-state index in [0.717, 1.165) is 30.0 Å². The minimum Gasteiger partial charge on any atom is -0.425 e. The summed E-state index contributed by atoms with van der Waals surface area (Å²) in [5.41, 5.74) is 1.12. The molecule has 5 heteroatoms. The zero-order valence-corrected chi connectivity index (χ0v) is 11.1. The number of aryl methyl sites for hydroxylation is 1. The standard InChI is InChI=1S/C13H16ClN3O/c1-15-8-2-3-12-16-17-13(18-12)9-10-4-6-11(14)7-5-10/h4-7,15H,2-3,8-9H2,1H3. The quantitative estimate of drug-likeness (QED) is 0.816. The number of halogens is 1. The molecular formula is C13H16ClN3O. The summed E-state index contributed by atoms with van der Waals surface area (Å²) in [5.74, 6) is 1.35. The summed E-state index contributed by atoms with van der Waals surface area (Å²) < 4.78 is 5.58. The molecule has 4 nitrogen and oxygen atoms in total. The first-order valence-corrected chi connectivity index (χ1v) is 6.36. The summed E-state index contributed by atoms with van der Waals surface area (Å²) in [6.45, 7) is 0.953. The Labute approximate surface area is 111 Å². The van der Waals surface area contributed by atoms with E-state index >= 15 is 0 Å². The second-order valence-corrected chi connectivity index (χ2v) is 4.54. The van der Waals surface area contributed by atoms with Crippen LogP contribution in [-0.4, -0.2) is 23.8 Å². The fraction of sp³-hybridized carbons (Fsp3) is 0.385. The first-order valence-electron chi connectivity index (χ1n) is 5.98. The largest absolute Gasteiger partial charge is 0.425 e. The van der Waals surface area contributed by atoms with Gasteiger partial charge in [-0.15, -0.1) is 10.2 Å². The van der Waals surface area contributed by atoms with E-state index in [4.69, 9.17) is 16.0 Å². The molecule has 18 heavy (non-hydrogen) atoms. The van der Waals surface area contributed by atoms with E-state index in [1.54, 1.807) is 0 Å². The van der Waals surface area contributed by atoms with Crippen LogP contribution < -0.4 is 5.32 Å². The summed E-state index contributed by atoms with van der Waals surface area (Å²) in [6.07, 6.45) is 2.46. The van der Waals surface area contributed by atoms with Gasteiger partial charge in [-0.05, 0) is 37.7 Å². The highest BCUT2D eigenvalue weighted by molar-refractivity contribution is 6.30. The SMILES string of the molecule is CNCCCc1nnc(Cc2ccc(Cl)cc2)o1. The van der Waals surface area contributed by atoms with Crippen LogP contribution in [0.3, 0.4) is 0 Å². The fourth-order valence-corrected chi connectivity index (χ4v) is 1.78. The van der Waals surface area contributed by atoms with Crippen molar-refractivity contribution in [3.8, 4) is 0 Å². The molecule has 0 atom stereocenters. The van der Waals surface area contributed by atoms with Crippen LogP contribution in [0.5, 0.6) is 0 Å². The van der Waals surface area contributed by atoms with Crippen LogP contribution in [0, 0.1) is 0 Å². The second kappa shape index (κ2) is 6.52. The smallest absolute Gasteiger partial charge is 0.220 e. The summed E-state index contributed by atoms with van der Waals surface area (Å²) >= 11 is 5.83. The van der Waals surface area contributed by atoms with Gasteiger partial charge in [0.25, 0.3) is 0 Å². The predicted octanol–water partition coefficient (Wildman–Crippen LogP) is 2.47. The van der Waals surface area contributed by atoms with Crippen molar-refractivity contribution in [1.29, 1.82) is 0 Å². The summed E-state index contributed by atoms with van der Waals surface area (Å²) in [6, 6.07) is 7.66. The molecule has 2 aromatic rings. The Morgan fingerprint density at radius 2 is 1.89 bits per heavy atom. The van der Waals surface area contributed by atoms with E-state index in [2.05, 4.69) is 15.5 Å². The van der Waals surface area contributed by atoms with Gasteiger partial charge in [0.1, 0.15) is 0 Å². The van der Waals surface area contributed by atoms with E-state index < -0.39 is 0 Å². The fourth-order valence-electron chi connectivity index (χ4n) is 1.65. The average Bonchev–Trinajstić information content (AvgIpc) is 2.80. The van der Waals surface area contributed by atoms with E-state index in [9.17, 15) is 0 Å². The van der Waals surface area contributed by atoms with Crippen LogP contribution in [0.15, 0.2) is 28.7 Å². The Morgan fingerprint density at radius 1 is 1.17 bits per heavy atom. The third-order valence-electron chi connectivity index (χ3n) is 2.59. The highest BCUT2D eigenvalue weighted by Crippen LogP contribution is 2.13.